The van der Waals surface area contributed by atoms with Gasteiger partial charge in [0.2, 0.25) is 0 Å². The lowest BCUT2D eigenvalue weighted by Crippen LogP contribution is -2.16. The van der Waals surface area contributed by atoms with E-state index in [-0.39, 0.29) is 0 Å². The molecule has 0 saturated carbocycles. The number of para-hydroxylation sites is 1. The summed E-state index contributed by atoms with van der Waals surface area (Å²) in [6.07, 6.45) is 0. The minimum absolute atomic E-state index is 0.712. The fourth-order valence-corrected chi connectivity index (χ4v) is 4.59. The molecule has 3 rings (SSSR count). The van der Waals surface area contributed by atoms with Crippen molar-refractivity contribution in [2.24, 2.45) is 0 Å². The monoisotopic (exact) mass is 394 g/mol. The number of benzene rings is 1. The summed E-state index contributed by atoms with van der Waals surface area (Å²) in [5.41, 5.74) is 1.99. The number of thiazole rings is 1. The Kier molecular flexibility index (Phi) is 5.96. The Morgan fingerprint density at radius 3 is 2.64 bits per heavy atom. The van der Waals surface area contributed by atoms with Crippen molar-refractivity contribution in [3.05, 3.63) is 50.6 Å². The van der Waals surface area contributed by atoms with E-state index in [9.17, 15) is 0 Å². The molecule has 0 aliphatic carbocycles. The van der Waals surface area contributed by atoms with Crippen LogP contribution in [0.3, 0.4) is 0 Å². The standard InChI is InChI=1S/C18H19ClN2O2S2/c1-21(10-13-7-8-16(19)25-13)9-12-11-24-18(20-12)14-5-4-6-15(22-2)17(14)23-3/h4-8,11H,9-10H2,1-3H3. The van der Waals surface area contributed by atoms with Crippen molar-refractivity contribution in [2.45, 2.75) is 13.1 Å². The molecule has 0 atom stereocenters. The first-order valence-corrected chi connectivity index (χ1v) is 9.76. The van der Waals surface area contributed by atoms with Gasteiger partial charge >= 0.3 is 0 Å². The molecule has 0 bridgehead atoms. The number of rotatable bonds is 7. The van der Waals surface area contributed by atoms with Gasteiger partial charge in [0.1, 0.15) is 5.01 Å². The summed E-state index contributed by atoms with van der Waals surface area (Å²) < 4.78 is 11.7. The van der Waals surface area contributed by atoms with Gasteiger partial charge in [-0.15, -0.1) is 22.7 Å². The van der Waals surface area contributed by atoms with Crippen molar-refractivity contribution in [1.82, 2.24) is 9.88 Å². The number of hydrogen-bond acceptors (Lipinski definition) is 6. The number of nitrogens with zero attached hydrogens (tertiary/aromatic N) is 2. The van der Waals surface area contributed by atoms with Gasteiger partial charge in [0, 0.05) is 23.3 Å². The average Bonchev–Trinajstić information content (AvgIpc) is 3.23. The molecule has 2 aromatic heterocycles. The van der Waals surface area contributed by atoms with Crippen LogP contribution < -0.4 is 9.47 Å². The van der Waals surface area contributed by atoms with Crippen LogP contribution in [-0.4, -0.2) is 31.2 Å². The van der Waals surface area contributed by atoms with Crippen molar-refractivity contribution in [3.8, 4) is 22.1 Å². The largest absolute Gasteiger partial charge is 0.493 e. The van der Waals surface area contributed by atoms with Crippen LogP contribution in [-0.2, 0) is 13.1 Å². The van der Waals surface area contributed by atoms with Gasteiger partial charge in [-0.3, -0.25) is 4.90 Å². The van der Waals surface area contributed by atoms with Gasteiger partial charge in [0.25, 0.3) is 0 Å². The highest BCUT2D eigenvalue weighted by molar-refractivity contribution is 7.16. The van der Waals surface area contributed by atoms with Gasteiger partial charge < -0.3 is 9.47 Å². The summed E-state index contributed by atoms with van der Waals surface area (Å²) in [6, 6.07) is 9.84. The lowest BCUT2D eigenvalue weighted by molar-refractivity contribution is 0.318. The minimum atomic E-state index is 0.712. The van der Waals surface area contributed by atoms with E-state index in [1.54, 1.807) is 36.9 Å². The van der Waals surface area contributed by atoms with E-state index >= 15 is 0 Å². The molecular weight excluding hydrogens is 376 g/mol. The van der Waals surface area contributed by atoms with Crippen LogP contribution in [0.5, 0.6) is 11.5 Å². The van der Waals surface area contributed by atoms with Gasteiger partial charge in [-0.1, -0.05) is 17.7 Å². The molecule has 0 N–H and O–H groups in total. The van der Waals surface area contributed by atoms with Crippen LogP contribution in [0.1, 0.15) is 10.6 Å². The zero-order valence-electron chi connectivity index (χ0n) is 14.3. The maximum Gasteiger partial charge on any atom is 0.170 e. The van der Waals surface area contributed by atoms with Gasteiger partial charge in [0.15, 0.2) is 11.5 Å². The quantitative estimate of drug-likeness (QED) is 0.553. The van der Waals surface area contributed by atoms with E-state index in [1.807, 2.05) is 24.3 Å². The predicted octanol–water partition coefficient (Wildman–Crippen LogP) is 5.17. The molecule has 0 aliphatic heterocycles. The number of hydrogen-bond donors (Lipinski definition) is 0. The minimum Gasteiger partial charge on any atom is -0.493 e. The summed E-state index contributed by atoms with van der Waals surface area (Å²) in [5, 5.41) is 3.02. The van der Waals surface area contributed by atoms with Gasteiger partial charge in [-0.2, -0.15) is 0 Å². The third kappa shape index (κ3) is 4.33. The zero-order chi connectivity index (χ0) is 17.8. The molecule has 4 nitrogen and oxygen atoms in total. The Hall–Kier alpha value is -1.60. The fourth-order valence-electron chi connectivity index (χ4n) is 2.59. The van der Waals surface area contributed by atoms with Crippen LogP contribution in [0.4, 0.5) is 0 Å². The van der Waals surface area contributed by atoms with Crippen molar-refractivity contribution in [2.75, 3.05) is 21.3 Å². The molecule has 0 radical (unpaired) electrons. The summed E-state index contributed by atoms with van der Waals surface area (Å²) >= 11 is 9.22. The smallest absolute Gasteiger partial charge is 0.170 e. The number of thiophene rings is 1. The number of methoxy groups -OCH3 is 2. The molecule has 132 valence electrons. The van der Waals surface area contributed by atoms with Crippen molar-refractivity contribution >= 4 is 34.3 Å². The lowest BCUT2D eigenvalue weighted by Gasteiger charge is -2.14. The van der Waals surface area contributed by atoms with E-state index in [1.165, 1.54) is 4.88 Å². The third-order valence-electron chi connectivity index (χ3n) is 3.67. The van der Waals surface area contributed by atoms with Gasteiger partial charge in [-0.25, -0.2) is 4.98 Å². The molecule has 0 amide bonds. The SMILES string of the molecule is COc1cccc(-c2nc(CN(C)Cc3ccc(Cl)s3)cs2)c1OC. The molecule has 0 aliphatic rings. The van der Waals surface area contributed by atoms with Crippen molar-refractivity contribution < 1.29 is 9.47 Å². The Labute approximate surface area is 160 Å². The number of ether oxygens (including phenoxy) is 2. The Morgan fingerprint density at radius 1 is 1.12 bits per heavy atom. The normalized spacial score (nSPS) is 11.1. The summed E-state index contributed by atoms with van der Waals surface area (Å²) in [5.74, 6) is 1.43. The Bertz CT molecular complexity index is 847. The second-order valence-corrected chi connectivity index (χ2v) is 8.22. The van der Waals surface area contributed by atoms with Crippen LogP contribution >= 0.6 is 34.3 Å². The topological polar surface area (TPSA) is 34.6 Å². The predicted molar refractivity (Wildman–Crippen MR) is 105 cm³/mol. The van der Waals surface area contributed by atoms with E-state index in [0.717, 1.165) is 33.7 Å². The van der Waals surface area contributed by atoms with Gasteiger partial charge in [0.05, 0.1) is 29.8 Å². The van der Waals surface area contributed by atoms with Crippen LogP contribution in [0.15, 0.2) is 35.7 Å². The van der Waals surface area contributed by atoms with Crippen molar-refractivity contribution in [3.63, 3.8) is 0 Å². The Balaban J connectivity index is 1.74. The molecule has 2 heterocycles. The zero-order valence-corrected chi connectivity index (χ0v) is 16.7. The van der Waals surface area contributed by atoms with Crippen LogP contribution in [0.2, 0.25) is 4.34 Å². The molecule has 1 aromatic carbocycles. The maximum atomic E-state index is 6.00. The summed E-state index contributed by atoms with van der Waals surface area (Å²) in [6.45, 7) is 1.63. The van der Waals surface area contributed by atoms with E-state index in [2.05, 4.69) is 23.4 Å². The molecule has 25 heavy (non-hydrogen) atoms. The second kappa shape index (κ2) is 8.19. The van der Waals surface area contributed by atoms with Crippen LogP contribution in [0.25, 0.3) is 10.6 Å². The Morgan fingerprint density at radius 2 is 1.96 bits per heavy atom. The van der Waals surface area contributed by atoms with E-state index in [0.29, 0.717) is 11.5 Å². The molecule has 0 unspecified atom stereocenters. The molecule has 0 fully saturated rings. The maximum absolute atomic E-state index is 6.00. The number of aromatic nitrogens is 1. The first kappa shape index (κ1) is 18.2. The highest BCUT2D eigenvalue weighted by Gasteiger charge is 2.15. The van der Waals surface area contributed by atoms with Crippen LogP contribution in [0, 0.1) is 0 Å². The summed E-state index contributed by atoms with van der Waals surface area (Å²) in [7, 11) is 5.37. The van der Waals surface area contributed by atoms with Crippen molar-refractivity contribution in [1.29, 1.82) is 0 Å². The number of halogens is 1. The molecule has 7 heteroatoms. The molecule has 3 aromatic rings. The second-order valence-electron chi connectivity index (χ2n) is 5.56. The van der Waals surface area contributed by atoms with E-state index < -0.39 is 0 Å². The third-order valence-corrected chi connectivity index (χ3v) is 5.81. The average molecular weight is 395 g/mol. The highest BCUT2D eigenvalue weighted by Crippen LogP contribution is 2.39. The van der Waals surface area contributed by atoms with Gasteiger partial charge in [-0.05, 0) is 31.3 Å². The fraction of sp³-hybridized carbons (Fsp3) is 0.278. The molecular formula is C18H19ClN2O2S2. The lowest BCUT2D eigenvalue weighted by atomic mass is 10.2. The van der Waals surface area contributed by atoms with E-state index in [4.69, 9.17) is 26.1 Å². The first-order chi connectivity index (χ1) is 12.1. The molecule has 0 saturated heterocycles. The molecule has 0 spiro atoms. The first-order valence-electron chi connectivity index (χ1n) is 7.69. The highest BCUT2D eigenvalue weighted by atomic mass is 35.5. The summed E-state index contributed by atoms with van der Waals surface area (Å²) in [4.78, 5) is 8.24.